The predicted molar refractivity (Wildman–Crippen MR) is 117 cm³/mol. The Morgan fingerprint density at radius 1 is 1.03 bits per heavy atom. The van der Waals surface area contributed by atoms with Crippen LogP contribution in [0.2, 0.25) is 0 Å². The molecule has 1 unspecified atom stereocenters. The average molecular weight is 407 g/mol. The molecule has 2 saturated heterocycles. The fourth-order valence-corrected chi connectivity index (χ4v) is 4.67. The Morgan fingerprint density at radius 2 is 1.90 bits per heavy atom. The van der Waals surface area contributed by atoms with E-state index in [1.807, 2.05) is 6.07 Å². The summed E-state index contributed by atoms with van der Waals surface area (Å²) in [6, 6.07) is 13.8. The highest BCUT2D eigenvalue weighted by atomic mass is 19.1. The van der Waals surface area contributed by atoms with Crippen molar-refractivity contribution in [1.29, 1.82) is 0 Å². The lowest BCUT2D eigenvalue weighted by Crippen LogP contribution is -2.44. The molecule has 1 atom stereocenters. The number of likely N-dealkylation sites (N-methyl/N-ethyl adjacent to an activating group) is 1. The van der Waals surface area contributed by atoms with Crippen LogP contribution in [0.3, 0.4) is 0 Å². The lowest BCUT2D eigenvalue weighted by Gasteiger charge is -2.35. The van der Waals surface area contributed by atoms with E-state index in [2.05, 4.69) is 55.1 Å². The standard InChI is InChI=1S/C23H27FN6/c1-28-10-12-29(13-11-28)19-7-8-20(23-25-16-26-27-23)22(15-19)30-9-3-6-21(30)17-4-2-5-18(24)14-17/h2,4-5,7-8,14-16,21H,3,6,9-13H2,1H3,(H,25,26,27). The fourth-order valence-electron chi connectivity index (χ4n) is 4.67. The Bertz CT molecular complexity index is 997. The predicted octanol–water partition coefficient (Wildman–Crippen LogP) is 3.70. The number of halogens is 1. The van der Waals surface area contributed by atoms with Crippen LogP contribution in [-0.4, -0.2) is 59.9 Å². The summed E-state index contributed by atoms with van der Waals surface area (Å²) in [5, 5.41) is 7.07. The van der Waals surface area contributed by atoms with Crippen molar-refractivity contribution in [2.75, 3.05) is 49.6 Å². The maximum Gasteiger partial charge on any atom is 0.157 e. The van der Waals surface area contributed by atoms with Crippen molar-refractivity contribution < 1.29 is 4.39 Å². The summed E-state index contributed by atoms with van der Waals surface area (Å²) in [6.07, 6.45) is 3.63. The van der Waals surface area contributed by atoms with Gasteiger partial charge in [0.15, 0.2) is 5.82 Å². The molecule has 7 heteroatoms. The molecule has 5 rings (SSSR count). The van der Waals surface area contributed by atoms with Crippen LogP contribution in [0.15, 0.2) is 48.8 Å². The van der Waals surface area contributed by atoms with Crippen LogP contribution in [0.4, 0.5) is 15.8 Å². The van der Waals surface area contributed by atoms with Crippen LogP contribution >= 0.6 is 0 Å². The number of hydrogen-bond acceptors (Lipinski definition) is 5. The van der Waals surface area contributed by atoms with Gasteiger partial charge in [0, 0.05) is 44.0 Å². The largest absolute Gasteiger partial charge is 0.369 e. The Kier molecular flexibility index (Phi) is 5.12. The number of nitrogens with one attached hydrogen (secondary N) is 1. The van der Waals surface area contributed by atoms with Gasteiger partial charge in [-0.15, -0.1) is 0 Å². The molecule has 2 aliphatic heterocycles. The first-order valence-electron chi connectivity index (χ1n) is 10.6. The van der Waals surface area contributed by atoms with E-state index in [-0.39, 0.29) is 11.9 Å². The summed E-state index contributed by atoms with van der Waals surface area (Å²) in [5.41, 5.74) is 4.43. The molecular weight excluding hydrogens is 379 g/mol. The molecule has 0 radical (unpaired) electrons. The molecular formula is C23H27FN6. The Labute approximate surface area is 176 Å². The summed E-state index contributed by atoms with van der Waals surface area (Å²) >= 11 is 0. The third-order valence-corrected chi connectivity index (χ3v) is 6.32. The van der Waals surface area contributed by atoms with Crippen LogP contribution in [0.25, 0.3) is 11.4 Å². The number of aromatic nitrogens is 3. The summed E-state index contributed by atoms with van der Waals surface area (Å²) < 4.78 is 13.9. The van der Waals surface area contributed by atoms with E-state index in [0.717, 1.165) is 68.2 Å². The summed E-state index contributed by atoms with van der Waals surface area (Å²) in [7, 11) is 2.17. The van der Waals surface area contributed by atoms with Crippen LogP contribution < -0.4 is 9.80 Å². The van der Waals surface area contributed by atoms with Crippen molar-refractivity contribution in [2.45, 2.75) is 18.9 Å². The monoisotopic (exact) mass is 406 g/mol. The van der Waals surface area contributed by atoms with Crippen molar-refractivity contribution in [3.8, 4) is 11.4 Å². The minimum Gasteiger partial charge on any atom is -0.369 e. The summed E-state index contributed by atoms with van der Waals surface area (Å²) in [4.78, 5) is 11.6. The molecule has 2 fully saturated rings. The van der Waals surface area contributed by atoms with Crippen molar-refractivity contribution >= 4 is 11.4 Å². The van der Waals surface area contributed by atoms with Crippen molar-refractivity contribution in [3.63, 3.8) is 0 Å². The number of piperazine rings is 1. The average Bonchev–Trinajstić information content (AvgIpc) is 3.46. The molecule has 3 heterocycles. The first-order valence-corrected chi connectivity index (χ1v) is 10.6. The molecule has 1 N–H and O–H groups in total. The van der Waals surface area contributed by atoms with E-state index in [9.17, 15) is 4.39 Å². The van der Waals surface area contributed by atoms with Crippen molar-refractivity contribution in [2.24, 2.45) is 0 Å². The van der Waals surface area contributed by atoms with Gasteiger partial charge in [0.2, 0.25) is 0 Å². The van der Waals surface area contributed by atoms with Gasteiger partial charge in [-0.3, -0.25) is 5.10 Å². The van der Waals surface area contributed by atoms with Gasteiger partial charge >= 0.3 is 0 Å². The Morgan fingerprint density at radius 3 is 2.67 bits per heavy atom. The summed E-state index contributed by atoms with van der Waals surface area (Å²) in [5.74, 6) is 0.584. The second kappa shape index (κ2) is 8.07. The number of aromatic amines is 1. The van der Waals surface area contributed by atoms with Gasteiger partial charge in [-0.05, 0) is 55.8 Å². The third-order valence-electron chi connectivity index (χ3n) is 6.32. The lowest BCUT2D eigenvalue weighted by molar-refractivity contribution is 0.313. The molecule has 30 heavy (non-hydrogen) atoms. The van der Waals surface area contributed by atoms with Gasteiger partial charge in [-0.2, -0.15) is 5.10 Å². The van der Waals surface area contributed by atoms with E-state index in [4.69, 9.17) is 0 Å². The number of H-pyrrole nitrogens is 1. The molecule has 0 spiro atoms. The molecule has 156 valence electrons. The lowest BCUT2D eigenvalue weighted by atomic mass is 10.0. The molecule has 1 aromatic heterocycles. The zero-order chi connectivity index (χ0) is 20.5. The van der Waals surface area contributed by atoms with Gasteiger partial charge in [0.05, 0.1) is 11.7 Å². The van der Waals surface area contributed by atoms with E-state index in [1.165, 1.54) is 11.8 Å². The quantitative estimate of drug-likeness (QED) is 0.716. The van der Waals surface area contributed by atoms with E-state index in [1.54, 1.807) is 18.5 Å². The molecule has 0 saturated carbocycles. The van der Waals surface area contributed by atoms with E-state index < -0.39 is 0 Å². The first-order chi connectivity index (χ1) is 14.7. The second-order valence-electron chi connectivity index (χ2n) is 8.23. The number of hydrogen-bond donors (Lipinski definition) is 1. The first kappa shape index (κ1) is 19.1. The molecule has 0 amide bonds. The maximum absolute atomic E-state index is 13.9. The Hall–Kier alpha value is -2.93. The highest BCUT2D eigenvalue weighted by Crippen LogP contribution is 2.42. The van der Waals surface area contributed by atoms with Crippen LogP contribution in [0, 0.1) is 5.82 Å². The van der Waals surface area contributed by atoms with Gasteiger partial charge in [-0.1, -0.05) is 12.1 Å². The molecule has 0 bridgehead atoms. The maximum atomic E-state index is 13.9. The number of benzene rings is 2. The Balaban J connectivity index is 1.55. The number of anilines is 2. The topological polar surface area (TPSA) is 51.3 Å². The zero-order valence-electron chi connectivity index (χ0n) is 17.3. The minimum atomic E-state index is -0.180. The van der Waals surface area contributed by atoms with Gasteiger partial charge < -0.3 is 14.7 Å². The van der Waals surface area contributed by atoms with Gasteiger partial charge in [0.1, 0.15) is 12.1 Å². The minimum absolute atomic E-state index is 0.158. The molecule has 2 aliphatic rings. The fraction of sp³-hybridized carbons (Fsp3) is 0.391. The van der Waals surface area contributed by atoms with Gasteiger partial charge in [-0.25, -0.2) is 9.37 Å². The normalized spacial score (nSPS) is 20.1. The van der Waals surface area contributed by atoms with Crippen LogP contribution in [-0.2, 0) is 0 Å². The molecule has 2 aromatic carbocycles. The second-order valence-corrected chi connectivity index (χ2v) is 8.23. The van der Waals surface area contributed by atoms with E-state index in [0.29, 0.717) is 0 Å². The number of nitrogens with zero attached hydrogens (tertiary/aromatic N) is 5. The number of rotatable bonds is 4. The SMILES string of the molecule is CN1CCN(c2ccc(-c3ncn[nH]3)c(N3CCCC3c3cccc(F)c3)c2)CC1. The molecule has 0 aliphatic carbocycles. The van der Waals surface area contributed by atoms with Crippen molar-refractivity contribution in [1.82, 2.24) is 20.1 Å². The molecule has 3 aromatic rings. The zero-order valence-corrected chi connectivity index (χ0v) is 17.3. The van der Waals surface area contributed by atoms with Crippen LogP contribution in [0.1, 0.15) is 24.4 Å². The highest BCUT2D eigenvalue weighted by Gasteiger charge is 2.29. The van der Waals surface area contributed by atoms with Gasteiger partial charge in [0.25, 0.3) is 0 Å². The van der Waals surface area contributed by atoms with E-state index >= 15 is 0 Å². The smallest absolute Gasteiger partial charge is 0.157 e. The highest BCUT2D eigenvalue weighted by molar-refractivity contribution is 5.79. The summed E-state index contributed by atoms with van der Waals surface area (Å²) in [6.45, 7) is 5.11. The van der Waals surface area contributed by atoms with Crippen LogP contribution in [0.5, 0.6) is 0 Å². The third kappa shape index (κ3) is 3.65. The molecule has 6 nitrogen and oxygen atoms in total. The van der Waals surface area contributed by atoms with Crippen molar-refractivity contribution in [3.05, 3.63) is 60.2 Å².